The van der Waals surface area contributed by atoms with Gasteiger partial charge in [-0.05, 0) is 32.0 Å². The maximum atomic E-state index is 12.5. The first-order valence-corrected chi connectivity index (χ1v) is 10.6. The lowest BCUT2D eigenvalue weighted by Crippen LogP contribution is -2.20. The number of azo groups is 1. The molecule has 0 saturated heterocycles. The van der Waals surface area contributed by atoms with E-state index >= 15 is 0 Å². The molecule has 0 aliphatic rings. The Morgan fingerprint density at radius 3 is 2.24 bits per heavy atom. The van der Waals surface area contributed by atoms with Gasteiger partial charge in [-0.1, -0.05) is 0 Å². The maximum absolute atomic E-state index is 12.5. The number of aromatic nitrogens is 1. The highest BCUT2D eigenvalue weighted by Crippen LogP contribution is 2.30. The third-order valence-electron chi connectivity index (χ3n) is 3.85. The van der Waals surface area contributed by atoms with Crippen LogP contribution in [0.1, 0.15) is 18.1 Å². The first-order chi connectivity index (χ1) is 13.3. The van der Waals surface area contributed by atoms with Gasteiger partial charge in [0, 0.05) is 12.1 Å². The Labute approximate surface area is 164 Å². The van der Waals surface area contributed by atoms with Crippen molar-refractivity contribution in [3.8, 4) is 11.9 Å². The van der Waals surface area contributed by atoms with Crippen LogP contribution in [0.4, 0.5) is 11.4 Å². The zero-order valence-corrected chi connectivity index (χ0v) is 16.6. The number of benzene rings is 1. The Morgan fingerprint density at radius 2 is 1.76 bits per heavy atom. The number of rotatable bonds is 5. The van der Waals surface area contributed by atoms with Gasteiger partial charge in [-0.3, -0.25) is 18.5 Å². The van der Waals surface area contributed by atoms with Crippen molar-refractivity contribution < 1.29 is 31.0 Å². The molecule has 0 aliphatic carbocycles. The summed E-state index contributed by atoms with van der Waals surface area (Å²) in [4.78, 5) is 10.7. The van der Waals surface area contributed by atoms with Crippen LogP contribution in [-0.2, 0) is 26.8 Å². The smallest absolute Gasteiger partial charge is 0.296 e. The SMILES string of the molecule is CCn1c(O)c(C#N)c(C)c(N=Nc2ccc(S(=O)(=O)O)cc2S(=O)(=O)O)c1=O. The molecule has 14 heteroatoms. The van der Waals surface area contributed by atoms with Gasteiger partial charge in [0.1, 0.15) is 22.2 Å². The van der Waals surface area contributed by atoms with Gasteiger partial charge in [-0.2, -0.15) is 22.1 Å². The van der Waals surface area contributed by atoms with Crippen LogP contribution in [0.3, 0.4) is 0 Å². The molecular weight excluding hydrogens is 428 g/mol. The molecule has 2 aromatic rings. The van der Waals surface area contributed by atoms with E-state index in [1.54, 1.807) is 6.07 Å². The molecule has 12 nitrogen and oxygen atoms in total. The van der Waals surface area contributed by atoms with Gasteiger partial charge in [0.2, 0.25) is 5.88 Å². The Balaban J connectivity index is 2.76. The molecule has 0 unspecified atom stereocenters. The number of pyridine rings is 1. The summed E-state index contributed by atoms with van der Waals surface area (Å²) >= 11 is 0. The molecule has 0 fully saturated rings. The highest BCUT2D eigenvalue weighted by molar-refractivity contribution is 7.86. The summed E-state index contributed by atoms with van der Waals surface area (Å²) in [6.45, 7) is 2.85. The van der Waals surface area contributed by atoms with Gasteiger partial charge in [0.15, 0.2) is 5.69 Å². The van der Waals surface area contributed by atoms with E-state index in [0.29, 0.717) is 6.07 Å². The van der Waals surface area contributed by atoms with Crippen LogP contribution in [0.5, 0.6) is 5.88 Å². The summed E-state index contributed by atoms with van der Waals surface area (Å²) in [5, 5.41) is 26.4. The second-order valence-electron chi connectivity index (χ2n) is 5.61. The molecule has 0 amide bonds. The maximum Gasteiger partial charge on any atom is 0.296 e. The van der Waals surface area contributed by atoms with Crippen molar-refractivity contribution in [1.29, 1.82) is 5.26 Å². The largest absolute Gasteiger partial charge is 0.493 e. The summed E-state index contributed by atoms with van der Waals surface area (Å²) in [5.74, 6) is -0.562. The lowest BCUT2D eigenvalue weighted by Gasteiger charge is -2.11. The molecule has 2 rings (SSSR count). The summed E-state index contributed by atoms with van der Waals surface area (Å²) < 4.78 is 64.7. The zero-order valence-electron chi connectivity index (χ0n) is 14.9. The molecule has 1 heterocycles. The average Bonchev–Trinajstić information content (AvgIpc) is 2.60. The number of aromatic hydroxyl groups is 1. The van der Waals surface area contributed by atoms with Crippen molar-refractivity contribution in [1.82, 2.24) is 4.57 Å². The minimum Gasteiger partial charge on any atom is -0.493 e. The molecular formula is C15H14N4O8S2. The quantitative estimate of drug-likeness (QED) is 0.455. The number of hydrogen-bond acceptors (Lipinski definition) is 9. The number of nitriles is 1. The monoisotopic (exact) mass is 442 g/mol. The number of hydrogen-bond donors (Lipinski definition) is 3. The first kappa shape index (κ1) is 22.2. The van der Waals surface area contributed by atoms with Crippen LogP contribution in [0, 0.1) is 18.3 Å². The van der Waals surface area contributed by atoms with E-state index in [9.17, 15) is 36.6 Å². The van der Waals surface area contributed by atoms with Crippen LogP contribution in [-0.4, -0.2) is 35.6 Å². The predicted octanol–water partition coefficient (Wildman–Crippen LogP) is 1.66. The lowest BCUT2D eigenvalue weighted by molar-refractivity contribution is 0.409. The van der Waals surface area contributed by atoms with Crippen molar-refractivity contribution in [2.75, 3.05) is 0 Å². The third kappa shape index (κ3) is 4.32. The molecule has 0 radical (unpaired) electrons. The van der Waals surface area contributed by atoms with E-state index in [1.165, 1.54) is 13.8 Å². The standard InChI is InChI=1S/C15H14N4O8S2/c1-3-19-14(20)10(7-16)8(2)13(15(19)21)18-17-11-5-4-9(28(22,23)24)6-12(11)29(25,26)27/h4-6,20H,3H2,1-2H3,(H,22,23,24)(H,25,26,27). The molecule has 0 spiro atoms. The third-order valence-corrected chi connectivity index (χ3v) is 5.58. The molecule has 0 bridgehead atoms. The molecule has 0 saturated carbocycles. The normalized spacial score (nSPS) is 12.2. The van der Waals surface area contributed by atoms with Gasteiger partial charge in [-0.15, -0.1) is 10.2 Å². The summed E-state index contributed by atoms with van der Waals surface area (Å²) in [6.07, 6.45) is 0. The Kier molecular flexibility index (Phi) is 5.90. The van der Waals surface area contributed by atoms with Crippen LogP contribution >= 0.6 is 0 Å². The van der Waals surface area contributed by atoms with E-state index in [4.69, 9.17) is 4.55 Å². The molecule has 0 aliphatic heterocycles. The van der Waals surface area contributed by atoms with Crippen LogP contribution in [0.2, 0.25) is 0 Å². The van der Waals surface area contributed by atoms with E-state index in [-0.39, 0.29) is 23.4 Å². The highest BCUT2D eigenvalue weighted by Gasteiger charge is 2.22. The topological polar surface area (TPSA) is 199 Å². The molecule has 154 valence electrons. The van der Waals surface area contributed by atoms with Crippen LogP contribution < -0.4 is 5.56 Å². The van der Waals surface area contributed by atoms with Crippen LogP contribution in [0.15, 0.2) is 43.0 Å². The van der Waals surface area contributed by atoms with Crippen molar-refractivity contribution in [3.63, 3.8) is 0 Å². The van der Waals surface area contributed by atoms with Crippen molar-refractivity contribution in [2.45, 2.75) is 30.2 Å². The Morgan fingerprint density at radius 1 is 1.14 bits per heavy atom. The first-order valence-electron chi connectivity index (χ1n) is 7.70. The van der Waals surface area contributed by atoms with E-state index in [0.717, 1.165) is 16.7 Å². The second kappa shape index (κ2) is 7.72. The molecule has 0 atom stereocenters. The van der Waals surface area contributed by atoms with Crippen molar-refractivity contribution >= 4 is 31.6 Å². The van der Waals surface area contributed by atoms with Gasteiger partial charge in [-0.25, -0.2) is 0 Å². The van der Waals surface area contributed by atoms with Gasteiger partial charge < -0.3 is 5.11 Å². The minimum absolute atomic E-state index is 0.00146. The second-order valence-corrected chi connectivity index (χ2v) is 8.42. The highest BCUT2D eigenvalue weighted by atomic mass is 32.2. The van der Waals surface area contributed by atoms with Gasteiger partial charge >= 0.3 is 0 Å². The van der Waals surface area contributed by atoms with E-state index in [2.05, 4.69) is 10.2 Å². The zero-order chi connectivity index (χ0) is 22.1. The summed E-state index contributed by atoms with van der Waals surface area (Å²) in [7, 11) is -9.75. The predicted molar refractivity (Wildman–Crippen MR) is 97.7 cm³/mol. The minimum atomic E-state index is -4.98. The van der Waals surface area contributed by atoms with Crippen molar-refractivity contribution in [3.05, 3.63) is 39.7 Å². The van der Waals surface area contributed by atoms with Gasteiger partial charge in [0.25, 0.3) is 25.8 Å². The molecule has 1 aromatic heterocycles. The summed E-state index contributed by atoms with van der Waals surface area (Å²) in [5.41, 5.74) is -1.98. The lowest BCUT2D eigenvalue weighted by atomic mass is 10.1. The fourth-order valence-electron chi connectivity index (χ4n) is 2.40. The molecule has 3 N–H and O–H groups in total. The van der Waals surface area contributed by atoms with E-state index < -0.39 is 47.2 Å². The van der Waals surface area contributed by atoms with Gasteiger partial charge in [0.05, 0.1) is 4.90 Å². The fourth-order valence-corrected chi connectivity index (χ4v) is 3.63. The van der Waals surface area contributed by atoms with Crippen molar-refractivity contribution in [2.24, 2.45) is 10.2 Å². The molecule has 29 heavy (non-hydrogen) atoms. The Bertz CT molecular complexity index is 1340. The summed E-state index contributed by atoms with van der Waals surface area (Å²) in [6, 6.07) is 3.84. The van der Waals surface area contributed by atoms with Crippen LogP contribution in [0.25, 0.3) is 0 Å². The van der Waals surface area contributed by atoms with E-state index in [1.807, 2.05) is 0 Å². The Hall–Kier alpha value is -3.12. The molecule has 1 aromatic carbocycles. The fraction of sp³-hybridized carbons (Fsp3) is 0.200. The average molecular weight is 442 g/mol. The number of nitrogens with zero attached hydrogens (tertiary/aromatic N) is 4.